The van der Waals surface area contributed by atoms with Gasteiger partial charge >= 0.3 is 0 Å². The van der Waals surface area contributed by atoms with Gasteiger partial charge in [0.05, 0.1) is 13.5 Å². The van der Waals surface area contributed by atoms with Crippen molar-refractivity contribution in [2.24, 2.45) is 0 Å². The molecule has 0 aliphatic heterocycles. The van der Waals surface area contributed by atoms with E-state index in [1.807, 2.05) is 30.9 Å². The van der Waals surface area contributed by atoms with Crippen molar-refractivity contribution in [1.82, 2.24) is 4.90 Å². The summed E-state index contributed by atoms with van der Waals surface area (Å²) in [6, 6.07) is 0. The van der Waals surface area contributed by atoms with E-state index in [0.717, 1.165) is 42.8 Å². The number of nitrogens with zero attached hydrogens (tertiary/aromatic N) is 1. The maximum Gasteiger partial charge on any atom is 0.226 e. The molecule has 0 N–H and O–H groups in total. The molecular formula is C17H29NO2. The van der Waals surface area contributed by atoms with Crippen molar-refractivity contribution in [3.63, 3.8) is 0 Å². The molecule has 0 unspecified atom stereocenters. The first-order chi connectivity index (χ1) is 9.44. The number of carbonyl (C=O) groups is 1. The van der Waals surface area contributed by atoms with Gasteiger partial charge in [-0.2, -0.15) is 0 Å². The average molecular weight is 279 g/mol. The lowest BCUT2D eigenvalue weighted by Gasteiger charge is -2.21. The Bertz CT molecular complexity index is 370. The van der Waals surface area contributed by atoms with Crippen LogP contribution in [0, 0.1) is 0 Å². The van der Waals surface area contributed by atoms with Gasteiger partial charge in [-0.15, -0.1) is 0 Å². The molecule has 0 aromatic carbocycles. The number of hydrogen-bond donors (Lipinski definition) is 0. The second-order valence-corrected chi connectivity index (χ2v) is 5.19. The van der Waals surface area contributed by atoms with E-state index in [1.54, 1.807) is 7.11 Å². The van der Waals surface area contributed by atoms with E-state index in [-0.39, 0.29) is 5.91 Å². The first kappa shape index (κ1) is 18.5. The summed E-state index contributed by atoms with van der Waals surface area (Å²) < 4.78 is 5.27. The van der Waals surface area contributed by atoms with Crippen molar-refractivity contribution in [2.45, 2.75) is 47.0 Å². The highest BCUT2D eigenvalue weighted by atomic mass is 16.5. The molecule has 0 aromatic rings. The molecule has 0 aliphatic carbocycles. The second-order valence-electron chi connectivity index (χ2n) is 5.19. The highest BCUT2D eigenvalue weighted by Crippen LogP contribution is 2.11. The second kappa shape index (κ2) is 10.3. The van der Waals surface area contributed by atoms with Crippen molar-refractivity contribution >= 4 is 5.91 Å². The van der Waals surface area contributed by atoms with Crippen LogP contribution in [0.25, 0.3) is 0 Å². The minimum absolute atomic E-state index is 0.141. The lowest BCUT2D eigenvalue weighted by atomic mass is 10.1. The number of amides is 1. The van der Waals surface area contributed by atoms with Crippen LogP contribution in [0.2, 0.25) is 0 Å². The lowest BCUT2D eigenvalue weighted by molar-refractivity contribution is -0.130. The summed E-state index contributed by atoms with van der Waals surface area (Å²) in [4.78, 5) is 14.1. The van der Waals surface area contributed by atoms with Crippen LogP contribution in [0.15, 0.2) is 35.6 Å². The Morgan fingerprint density at radius 2 is 1.70 bits per heavy atom. The molecule has 0 heterocycles. The molecule has 3 heteroatoms. The van der Waals surface area contributed by atoms with Crippen LogP contribution in [-0.2, 0) is 9.53 Å². The minimum Gasteiger partial charge on any atom is -0.497 e. The standard InChI is InChI=1S/C17H29NO2/c1-7-9-18(10-8-2)17(19)13-15(5)12-16(20-6)11-14(3)4/h11-12H,5,7-10,13H2,1-4,6H3/b16-12+. The number of carbonyl (C=O) groups excluding carboxylic acids is 1. The maximum absolute atomic E-state index is 12.2. The molecule has 0 spiro atoms. The largest absolute Gasteiger partial charge is 0.497 e. The molecule has 0 bridgehead atoms. The first-order valence-electron chi connectivity index (χ1n) is 7.30. The van der Waals surface area contributed by atoms with Gasteiger partial charge in [-0.05, 0) is 44.4 Å². The third-order valence-corrected chi connectivity index (χ3v) is 2.73. The summed E-state index contributed by atoms with van der Waals surface area (Å²) in [7, 11) is 1.63. The van der Waals surface area contributed by atoms with E-state index >= 15 is 0 Å². The first-order valence-corrected chi connectivity index (χ1v) is 7.30. The number of allylic oxidation sites excluding steroid dienone is 3. The van der Waals surface area contributed by atoms with E-state index < -0.39 is 0 Å². The zero-order valence-corrected chi connectivity index (χ0v) is 13.7. The monoisotopic (exact) mass is 279 g/mol. The van der Waals surface area contributed by atoms with Gasteiger partial charge in [-0.25, -0.2) is 0 Å². The van der Waals surface area contributed by atoms with Crippen molar-refractivity contribution in [3.05, 3.63) is 35.6 Å². The van der Waals surface area contributed by atoms with Crippen molar-refractivity contribution < 1.29 is 9.53 Å². The van der Waals surface area contributed by atoms with Gasteiger partial charge < -0.3 is 9.64 Å². The number of rotatable bonds is 9. The van der Waals surface area contributed by atoms with E-state index in [0.29, 0.717) is 6.42 Å². The van der Waals surface area contributed by atoms with Gasteiger partial charge in [0.15, 0.2) is 0 Å². The summed E-state index contributed by atoms with van der Waals surface area (Å²) in [5.74, 6) is 0.878. The molecule has 0 aliphatic rings. The average Bonchev–Trinajstić information content (AvgIpc) is 2.36. The normalized spacial score (nSPS) is 10.9. The Morgan fingerprint density at radius 1 is 1.15 bits per heavy atom. The molecule has 0 saturated carbocycles. The van der Waals surface area contributed by atoms with Crippen LogP contribution in [0.1, 0.15) is 47.0 Å². The molecule has 114 valence electrons. The topological polar surface area (TPSA) is 29.5 Å². The Labute approximate surface area is 124 Å². The van der Waals surface area contributed by atoms with Crippen LogP contribution in [0.3, 0.4) is 0 Å². The molecule has 0 aromatic heterocycles. The van der Waals surface area contributed by atoms with Crippen LogP contribution >= 0.6 is 0 Å². The summed E-state index contributed by atoms with van der Waals surface area (Å²) in [6.45, 7) is 13.8. The predicted molar refractivity (Wildman–Crippen MR) is 85.4 cm³/mol. The van der Waals surface area contributed by atoms with Gasteiger partial charge in [0.2, 0.25) is 5.91 Å². The van der Waals surface area contributed by atoms with Crippen LogP contribution < -0.4 is 0 Å². The SMILES string of the molecule is C=C(/C=C(\C=C(C)C)OC)CC(=O)N(CCC)CCC. The summed E-state index contributed by atoms with van der Waals surface area (Å²) >= 11 is 0. The lowest BCUT2D eigenvalue weighted by Crippen LogP contribution is -2.32. The number of hydrogen-bond acceptors (Lipinski definition) is 2. The highest BCUT2D eigenvalue weighted by Gasteiger charge is 2.12. The number of ether oxygens (including phenoxy) is 1. The third-order valence-electron chi connectivity index (χ3n) is 2.73. The molecule has 20 heavy (non-hydrogen) atoms. The van der Waals surface area contributed by atoms with Gasteiger partial charge in [0, 0.05) is 13.1 Å². The predicted octanol–water partition coefficient (Wildman–Crippen LogP) is 4.08. The van der Waals surface area contributed by atoms with E-state index in [2.05, 4.69) is 20.4 Å². The fourth-order valence-electron chi connectivity index (χ4n) is 1.90. The quantitative estimate of drug-likeness (QED) is 0.470. The minimum atomic E-state index is 0.141. The molecule has 0 atom stereocenters. The summed E-state index contributed by atoms with van der Waals surface area (Å²) in [5.41, 5.74) is 1.93. The fourth-order valence-corrected chi connectivity index (χ4v) is 1.90. The smallest absolute Gasteiger partial charge is 0.226 e. The van der Waals surface area contributed by atoms with Gasteiger partial charge in [0.25, 0.3) is 0 Å². The molecular weight excluding hydrogens is 250 g/mol. The van der Waals surface area contributed by atoms with Gasteiger partial charge in [-0.1, -0.05) is 26.0 Å². The zero-order chi connectivity index (χ0) is 15.5. The Hall–Kier alpha value is -1.51. The van der Waals surface area contributed by atoms with Crippen LogP contribution in [0.5, 0.6) is 0 Å². The molecule has 1 amide bonds. The van der Waals surface area contributed by atoms with Crippen LogP contribution in [-0.4, -0.2) is 31.0 Å². The van der Waals surface area contributed by atoms with Gasteiger partial charge in [0.1, 0.15) is 5.76 Å². The molecule has 3 nitrogen and oxygen atoms in total. The maximum atomic E-state index is 12.2. The molecule has 0 saturated heterocycles. The Balaban J connectivity index is 4.68. The number of methoxy groups -OCH3 is 1. The van der Waals surface area contributed by atoms with Crippen LogP contribution in [0.4, 0.5) is 0 Å². The van der Waals surface area contributed by atoms with Crippen molar-refractivity contribution in [2.75, 3.05) is 20.2 Å². The summed E-state index contributed by atoms with van der Waals surface area (Å²) in [5, 5.41) is 0. The Morgan fingerprint density at radius 3 is 2.10 bits per heavy atom. The zero-order valence-electron chi connectivity index (χ0n) is 13.7. The van der Waals surface area contributed by atoms with E-state index in [1.165, 1.54) is 0 Å². The fraction of sp³-hybridized carbons (Fsp3) is 0.588. The Kier molecular flexibility index (Phi) is 9.52. The van der Waals surface area contributed by atoms with Crippen molar-refractivity contribution in [3.8, 4) is 0 Å². The molecule has 0 radical (unpaired) electrons. The summed E-state index contributed by atoms with van der Waals surface area (Å²) in [6.07, 6.45) is 6.08. The van der Waals surface area contributed by atoms with Gasteiger partial charge in [-0.3, -0.25) is 4.79 Å². The molecule has 0 rings (SSSR count). The van der Waals surface area contributed by atoms with E-state index in [9.17, 15) is 4.79 Å². The highest BCUT2D eigenvalue weighted by molar-refractivity contribution is 5.79. The molecule has 0 fully saturated rings. The van der Waals surface area contributed by atoms with Crippen molar-refractivity contribution in [1.29, 1.82) is 0 Å². The third kappa shape index (κ3) is 7.82. The van der Waals surface area contributed by atoms with E-state index in [4.69, 9.17) is 4.74 Å².